The summed E-state index contributed by atoms with van der Waals surface area (Å²) in [6.45, 7) is 0.594. The van der Waals surface area contributed by atoms with Gasteiger partial charge in [-0.2, -0.15) is 0 Å². The standard InChI is InChI=1S/C27H23Cl2NO6/c1-34-13-14-35-16-36-22-12-11-20(29)15-21(22)30-24(17-7-9-19(28)10-8-17)23(26(32)27(30)33)25(31)18-5-3-2-4-6-18/h2-12,15,24,32H,13-14,16H2,1H3. The maximum absolute atomic E-state index is 13.5. The van der Waals surface area contributed by atoms with Crippen molar-refractivity contribution in [1.29, 1.82) is 0 Å². The molecule has 1 atom stereocenters. The summed E-state index contributed by atoms with van der Waals surface area (Å²) < 4.78 is 16.1. The smallest absolute Gasteiger partial charge is 0.294 e. The number of carbonyl (C=O) groups is 2. The predicted molar refractivity (Wildman–Crippen MR) is 137 cm³/mol. The number of methoxy groups -OCH3 is 1. The first kappa shape index (κ1) is 25.7. The predicted octanol–water partition coefficient (Wildman–Crippen LogP) is 5.78. The van der Waals surface area contributed by atoms with Crippen LogP contribution in [0.3, 0.4) is 0 Å². The first-order valence-corrected chi connectivity index (χ1v) is 11.8. The van der Waals surface area contributed by atoms with Crippen LogP contribution in [-0.4, -0.2) is 43.9 Å². The third kappa shape index (κ3) is 5.39. The number of hydrogen-bond acceptors (Lipinski definition) is 6. The molecular weight excluding hydrogens is 505 g/mol. The number of nitrogens with zero attached hydrogens (tertiary/aromatic N) is 1. The zero-order chi connectivity index (χ0) is 25.7. The van der Waals surface area contributed by atoms with Crippen LogP contribution in [0.1, 0.15) is 22.0 Å². The summed E-state index contributed by atoms with van der Waals surface area (Å²) in [5.41, 5.74) is 1.11. The number of aliphatic hydroxyl groups is 1. The molecule has 1 aliphatic rings. The Morgan fingerprint density at radius 2 is 1.67 bits per heavy atom. The Morgan fingerprint density at radius 3 is 2.36 bits per heavy atom. The van der Waals surface area contributed by atoms with Crippen LogP contribution in [0.5, 0.6) is 5.75 Å². The molecule has 36 heavy (non-hydrogen) atoms. The first-order valence-electron chi connectivity index (χ1n) is 11.0. The van der Waals surface area contributed by atoms with Crippen molar-refractivity contribution in [2.24, 2.45) is 0 Å². The van der Waals surface area contributed by atoms with Gasteiger partial charge in [0, 0.05) is 22.7 Å². The molecule has 186 valence electrons. The number of rotatable bonds is 10. The lowest BCUT2D eigenvalue weighted by Crippen LogP contribution is -2.31. The minimum Gasteiger partial charge on any atom is -0.503 e. The van der Waals surface area contributed by atoms with E-state index in [4.69, 9.17) is 37.4 Å². The highest BCUT2D eigenvalue weighted by atomic mass is 35.5. The van der Waals surface area contributed by atoms with E-state index in [1.807, 2.05) is 0 Å². The van der Waals surface area contributed by atoms with Crippen LogP contribution in [-0.2, 0) is 14.3 Å². The first-order chi connectivity index (χ1) is 17.4. The van der Waals surface area contributed by atoms with Gasteiger partial charge in [-0.15, -0.1) is 0 Å². The zero-order valence-corrected chi connectivity index (χ0v) is 20.8. The van der Waals surface area contributed by atoms with Crippen molar-refractivity contribution in [2.45, 2.75) is 6.04 Å². The average Bonchev–Trinajstić information content (AvgIpc) is 3.15. The van der Waals surface area contributed by atoms with Crippen LogP contribution >= 0.6 is 23.2 Å². The monoisotopic (exact) mass is 527 g/mol. The summed E-state index contributed by atoms with van der Waals surface area (Å²) in [6, 6.07) is 18.9. The number of benzene rings is 3. The molecule has 0 saturated carbocycles. The highest BCUT2D eigenvalue weighted by Crippen LogP contribution is 2.45. The van der Waals surface area contributed by atoms with Gasteiger partial charge in [-0.3, -0.25) is 14.5 Å². The lowest BCUT2D eigenvalue weighted by Gasteiger charge is -2.28. The number of amides is 1. The average molecular weight is 528 g/mol. The Kier molecular flexibility index (Phi) is 8.28. The third-order valence-corrected chi connectivity index (χ3v) is 6.07. The molecule has 1 unspecified atom stereocenters. The fraction of sp³-hybridized carbons (Fsp3) is 0.185. The molecule has 0 fully saturated rings. The molecule has 1 heterocycles. The summed E-state index contributed by atoms with van der Waals surface area (Å²) >= 11 is 12.4. The Morgan fingerprint density at radius 1 is 0.972 bits per heavy atom. The van der Waals surface area contributed by atoms with E-state index < -0.39 is 23.5 Å². The molecule has 1 aliphatic heterocycles. The SMILES string of the molecule is COCCOCOc1ccc(Cl)cc1N1C(=O)C(O)=C(C(=O)c2ccccc2)C1c1ccc(Cl)cc1. The minimum atomic E-state index is -0.960. The highest BCUT2D eigenvalue weighted by Gasteiger charge is 2.45. The fourth-order valence-electron chi connectivity index (χ4n) is 3.90. The largest absolute Gasteiger partial charge is 0.503 e. The Balaban J connectivity index is 1.79. The van der Waals surface area contributed by atoms with Crippen LogP contribution in [0.25, 0.3) is 0 Å². The molecule has 1 N–H and O–H groups in total. The van der Waals surface area contributed by atoms with Gasteiger partial charge in [0.05, 0.1) is 30.5 Å². The van der Waals surface area contributed by atoms with Crippen molar-refractivity contribution in [1.82, 2.24) is 0 Å². The van der Waals surface area contributed by atoms with E-state index in [2.05, 4.69) is 0 Å². The van der Waals surface area contributed by atoms with Crippen LogP contribution in [0, 0.1) is 0 Å². The minimum absolute atomic E-state index is 0.0595. The van der Waals surface area contributed by atoms with E-state index in [1.165, 1.54) is 11.0 Å². The molecular formula is C27H23Cl2NO6. The number of carbonyl (C=O) groups excluding carboxylic acids is 2. The molecule has 3 aromatic carbocycles. The second-order valence-corrected chi connectivity index (χ2v) is 8.73. The van der Waals surface area contributed by atoms with Gasteiger partial charge in [0.1, 0.15) is 5.75 Å². The van der Waals surface area contributed by atoms with Crippen LogP contribution in [0.15, 0.2) is 84.1 Å². The molecule has 0 spiro atoms. The van der Waals surface area contributed by atoms with E-state index >= 15 is 0 Å². The number of anilines is 1. The van der Waals surface area contributed by atoms with E-state index in [1.54, 1.807) is 73.8 Å². The molecule has 3 aromatic rings. The van der Waals surface area contributed by atoms with Gasteiger partial charge in [-0.25, -0.2) is 0 Å². The third-order valence-electron chi connectivity index (χ3n) is 5.58. The lowest BCUT2D eigenvalue weighted by atomic mass is 9.92. The molecule has 7 nitrogen and oxygen atoms in total. The molecule has 4 rings (SSSR count). The van der Waals surface area contributed by atoms with Crippen molar-refractivity contribution in [2.75, 3.05) is 32.0 Å². The quantitative estimate of drug-likeness (QED) is 0.204. The molecule has 1 amide bonds. The molecule has 0 saturated heterocycles. The number of ketones is 1. The van der Waals surface area contributed by atoms with Gasteiger partial charge in [0.15, 0.2) is 18.3 Å². The number of aliphatic hydroxyl groups excluding tert-OH is 1. The van der Waals surface area contributed by atoms with Crippen LogP contribution in [0.2, 0.25) is 10.0 Å². The summed E-state index contributed by atoms with van der Waals surface area (Å²) in [6.07, 6.45) is 0. The highest BCUT2D eigenvalue weighted by molar-refractivity contribution is 6.31. The van der Waals surface area contributed by atoms with Gasteiger partial charge >= 0.3 is 0 Å². The van der Waals surface area contributed by atoms with Crippen molar-refractivity contribution in [3.8, 4) is 5.75 Å². The van der Waals surface area contributed by atoms with Crippen molar-refractivity contribution in [3.63, 3.8) is 0 Å². The second kappa shape index (κ2) is 11.6. The molecule has 0 radical (unpaired) electrons. The van der Waals surface area contributed by atoms with E-state index in [0.717, 1.165) is 0 Å². The molecule has 0 bridgehead atoms. The maximum Gasteiger partial charge on any atom is 0.294 e. The zero-order valence-electron chi connectivity index (χ0n) is 19.3. The van der Waals surface area contributed by atoms with E-state index in [9.17, 15) is 14.7 Å². The Bertz CT molecular complexity index is 1280. The fourth-order valence-corrected chi connectivity index (χ4v) is 4.19. The van der Waals surface area contributed by atoms with Gasteiger partial charge in [0.2, 0.25) is 0 Å². The van der Waals surface area contributed by atoms with Crippen molar-refractivity contribution >= 4 is 40.6 Å². The summed E-state index contributed by atoms with van der Waals surface area (Å²) in [5, 5.41) is 11.8. The van der Waals surface area contributed by atoms with Crippen LogP contribution < -0.4 is 9.64 Å². The van der Waals surface area contributed by atoms with Crippen LogP contribution in [0.4, 0.5) is 5.69 Å². The molecule has 0 aromatic heterocycles. The normalized spacial score (nSPS) is 15.5. The topological polar surface area (TPSA) is 85.3 Å². The number of ether oxygens (including phenoxy) is 3. The number of halogens is 2. The maximum atomic E-state index is 13.5. The summed E-state index contributed by atoms with van der Waals surface area (Å²) in [7, 11) is 1.56. The van der Waals surface area contributed by atoms with Gasteiger partial charge in [0.25, 0.3) is 5.91 Å². The van der Waals surface area contributed by atoms with Gasteiger partial charge < -0.3 is 19.3 Å². The Labute approximate surface area is 218 Å². The summed E-state index contributed by atoms with van der Waals surface area (Å²) in [5.74, 6) is -1.60. The van der Waals surface area contributed by atoms with Crippen molar-refractivity contribution in [3.05, 3.63) is 105 Å². The van der Waals surface area contributed by atoms with Gasteiger partial charge in [-0.1, -0.05) is 65.7 Å². The Hall–Kier alpha value is -3.36. The van der Waals surface area contributed by atoms with E-state index in [-0.39, 0.29) is 23.8 Å². The van der Waals surface area contributed by atoms with Crippen molar-refractivity contribution < 1.29 is 28.9 Å². The molecule has 9 heteroatoms. The van der Waals surface area contributed by atoms with Gasteiger partial charge in [-0.05, 0) is 35.9 Å². The number of Topliss-reactive ketones (excluding diaryl/α,β-unsaturated/α-hetero) is 1. The molecule has 0 aliphatic carbocycles. The summed E-state index contributed by atoms with van der Waals surface area (Å²) in [4.78, 5) is 28.3. The lowest BCUT2D eigenvalue weighted by molar-refractivity contribution is -0.117. The number of hydrogen-bond donors (Lipinski definition) is 1. The second-order valence-electron chi connectivity index (χ2n) is 7.86. The van der Waals surface area contributed by atoms with E-state index in [0.29, 0.717) is 34.4 Å².